The van der Waals surface area contributed by atoms with E-state index >= 15 is 0 Å². The van der Waals surface area contributed by atoms with E-state index in [-0.39, 0.29) is 6.61 Å². The number of hydrogen-bond acceptors (Lipinski definition) is 2. The van der Waals surface area contributed by atoms with Gasteiger partial charge in [-0.1, -0.05) is 18.2 Å². The lowest BCUT2D eigenvalue weighted by Gasteiger charge is -2.02. The second-order valence-corrected chi connectivity index (χ2v) is 2.43. The summed E-state index contributed by atoms with van der Waals surface area (Å²) in [5.41, 5.74) is 0.964. The zero-order valence-corrected chi connectivity index (χ0v) is 7.01. The van der Waals surface area contributed by atoms with Crippen molar-refractivity contribution in [3.63, 3.8) is 0 Å². The summed E-state index contributed by atoms with van der Waals surface area (Å²) in [6.45, 7) is -0.166. The van der Waals surface area contributed by atoms with Crippen molar-refractivity contribution in [3.8, 4) is 0 Å². The highest BCUT2D eigenvalue weighted by Gasteiger charge is 2.07. The van der Waals surface area contributed by atoms with E-state index in [1.165, 1.54) is 0 Å². The van der Waals surface area contributed by atoms with Crippen molar-refractivity contribution >= 4 is 17.7 Å². The number of aliphatic hydroxyl groups excluding tert-OH is 1. The van der Waals surface area contributed by atoms with Gasteiger partial charge in [-0.3, -0.25) is 9.63 Å². The van der Waals surface area contributed by atoms with E-state index < -0.39 is 5.91 Å². The number of carbonyl (C=O) groups excluding carboxylic acids is 1. The lowest BCUT2D eigenvalue weighted by atomic mass is 10.1. The first-order valence-electron chi connectivity index (χ1n) is 3.39. The Hall–Kier alpha value is -1.06. The van der Waals surface area contributed by atoms with Crippen LogP contribution < -0.4 is 4.84 Å². The summed E-state index contributed by atoms with van der Waals surface area (Å²) in [5.74, 6) is -0.402. The van der Waals surface area contributed by atoms with Crippen molar-refractivity contribution in [2.45, 2.75) is 6.61 Å². The van der Waals surface area contributed by atoms with Gasteiger partial charge < -0.3 is 5.11 Å². The molecule has 0 spiro atoms. The summed E-state index contributed by atoms with van der Waals surface area (Å²) in [4.78, 5) is 13.0. The molecule has 0 aliphatic heterocycles. The first-order valence-corrected chi connectivity index (χ1v) is 3.77. The smallest absolute Gasteiger partial charge is 0.265 e. The van der Waals surface area contributed by atoms with Crippen LogP contribution in [0.15, 0.2) is 24.3 Å². The molecule has 0 aliphatic carbocycles. The number of amides is 1. The molecule has 0 fully saturated rings. The third kappa shape index (κ3) is 1.75. The average molecular weight is 186 g/mol. The highest BCUT2D eigenvalue weighted by Crippen LogP contribution is 2.08. The van der Waals surface area contributed by atoms with Crippen LogP contribution in [0.1, 0.15) is 15.9 Å². The maximum Gasteiger partial charge on any atom is 0.265 e. The number of aliphatic hydroxyl groups is 1. The van der Waals surface area contributed by atoms with Crippen molar-refractivity contribution in [2.75, 3.05) is 0 Å². The van der Waals surface area contributed by atoms with Crippen LogP contribution in [-0.4, -0.2) is 11.0 Å². The quantitative estimate of drug-likeness (QED) is 0.677. The van der Waals surface area contributed by atoms with E-state index in [9.17, 15) is 4.79 Å². The highest BCUT2D eigenvalue weighted by molar-refractivity contribution is 6.24. The molecule has 0 atom stereocenters. The predicted molar refractivity (Wildman–Crippen MR) is 45.7 cm³/mol. The molecular formula is C8H8ClNO2. The van der Waals surface area contributed by atoms with Gasteiger partial charge in [0, 0.05) is 17.3 Å². The Kier molecular flexibility index (Phi) is 3.08. The van der Waals surface area contributed by atoms with Crippen LogP contribution in [0.2, 0.25) is 0 Å². The van der Waals surface area contributed by atoms with Crippen LogP contribution in [0.4, 0.5) is 0 Å². The third-order valence-corrected chi connectivity index (χ3v) is 1.69. The number of rotatable bonds is 2. The molecule has 0 bridgehead atoms. The predicted octanol–water partition coefficient (Wildman–Crippen LogP) is 1.06. The van der Waals surface area contributed by atoms with E-state index in [1.807, 2.05) is 4.84 Å². The van der Waals surface area contributed by atoms with Crippen LogP contribution in [0.25, 0.3) is 0 Å². The summed E-state index contributed by atoms with van der Waals surface area (Å²) in [7, 11) is 0. The van der Waals surface area contributed by atoms with E-state index in [1.54, 1.807) is 24.3 Å². The van der Waals surface area contributed by atoms with Gasteiger partial charge in [0.15, 0.2) is 0 Å². The number of halogens is 1. The normalized spacial score (nSPS) is 9.50. The molecule has 1 amide bonds. The van der Waals surface area contributed by atoms with Crippen LogP contribution >= 0.6 is 11.8 Å². The Morgan fingerprint density at radius 2 is 2.17 bits per heavy atom. The monoisotopic (exact) mass is 185 g/mol. The molecule has 0 aliphatic rings. The van der Waals surface area contributed by atoms with Gasteiger partial charge in [0.05, 0.1) is 6.61 Å². The summed E-state index contributed by atoms with van der Waals surface area (Å²) in [6, 6.07) is 6.72. The maximum atomic E-state index is 11.0. The van der Waals surface area contributed by atoms with E-state index in [0.717, 1.165) is 0 Å². The molecule has 0 radical (unpaired) electrons. The second kappa shape index (κ2) is 4.09. The zero-order chi connectivity index (χ0) is 8.97. The fourth-order valence-corrected chi connectivity index (χ4v) is 1.03. The van der Waals surface area contributed by atoms with Gasteiger partial charge in [0.25, 0.3) is 5.91 Å². The Balaban J connectivity index is 3.04. The maximum absolute atomic E-state index is 11.0. The summed E-state index contributed by atoms with van der Waals surface area (Å²) in [6.07, 6.45) is 0. The van der Waals surface area contributed by atoms with Gasteiger partial charge in [-0.2, -0.15) is 0 Å². The van der Waals surface area contributed by atoms with Gasteiger partial charge in [-0.25, -0.2) is 0 Å². The topological polar surface area (TPSA) is 49.3 Å². The SMILES string of the molecule is O=C(NCl)c1ccccc1CO. The number of carbonyl (C=O) groups is 1. The molecule has 3 nitrogen and oxygen atoms in total. The molecule has 1 rings (SSSR count). The van der Waals surface area contributed by atoms with Crippen LogP contribution in [0.5, 0.6) is 0 Å². The van der Waals surface area contributed by atoms with Crippen molar-refractivity contribution in [3.05, 3.63) is 35.4 Å². The van der Waals surface area contributed by atoms with Crippen molar-refractivity contribution < 1.29 is 9.90 Å². The molecule has 0 saturated heterocycles. The molecular weight excluding hydrogens is 178 g/mol. The Labute approximate surface area is 75.1 Å². The molecule has 1 aromatic carbocycles. The average Bonchev–Trinajstić information content (AvgIpc) is 2.16. The number of benzene rings is 1. The van der Waals surface area contributed by atoms with E-state index in [0.29, 0.717) is 11.1 Å². The highest BCUT2D eigenvalue weighted by atomic mass is 35.5. The molecule has 0 heterocycles. The van der Waals surface area contributed by atoms with Crippen LogP contribution in [0, 0.1) is 0 Å². The largest absolute Gasteiger partial charge is 0.392 e. The fraction of sp³-hybridized carbons (Fsp3) is 0.125. The van der Waals surface area contributed by atoms with Gasteiger partial charge >= 0.3 is 0 Å². The molecule has 0 unspecified atom stereocenters. The van der Waals surface area contributed by atoms with Gasteiger partial charge in [-0.05, 0) is 11.6 Å². The summed E-state index contributed by atoms with van der Waals surface area (Å²) < 4.78 is 0. The summed E-state index contributed by atoms with van der Waals surface area (Å²) in [5, 5.41) is 8.84. The van der Waals surface area contributed by atoms with Crippen molar-refractivity contribution in [1.29, 1.82) is 0 Å². The molecule has 12 heavy (non-hydrogen) atoms. The minimum atomic E-state index is -0.402. The Bertz CT molecular complexity index is 288. The molecule has 0 aromatic heterocycles. The van der Waals surface area contributed by atoms with Crippen LogP contribution in [-0.2, 0) is 6.61 Å². The second-order valence-electron chi connectivity index (χ2n) is 2.24. The van der Waals surface area contributed by atoms with Gasteiger partial charge in [-0.15, -0.1) is 0 Å². The third-order valence-electron chi connectivity index (χ3n) is 1.52. The Morgan fingerprint density at radius 1 is 1.50 bits per heavy atom. The first kappa shape index (κ1) is 9.03. The lowest BCUT2D eigenvalue weighted by Crippen LogP contribution is -2.14. The van der Waals surface area contributed by atoms with Crippen LogP contribution in [0.3, 0.4) is 0 Å². The molecule has 2 N–H and O–H groups in total. The van der Waals surface area contributed by atoms with Crippen molar-refractivity contribution in [1.82, 2.24) is 4.84 Å². The van der Waals surface area contributed by atoms with E-state index in [2.05, 4.69) is 0 Å². The first-order chi connectivity index (χ1) is 5.79. The molecule has 64 valence electrons. The molecule has 0 saturated carbocycles. The molecule has 4 heteroatoms. The van der Waals surface area contributed by atoms with Crippen molar-refractivity contribution in [2.24, 2.45) is 0 Å². The number of nitrogens with one attached hydrogen (secondary N) is 1. The zero-order valence-electron chi connectivity index (χ0n) is 6.25. The minimum absolute atomic E-state index is 0.166. The van der Waals surface area contributed by atoms with Gasteiger partial charge in [0.2, 0.25) is 0 Å². The summed E-state index contributed by atoms with van der Waals surface area (Å²) >= 11 is 5.13. The fourth-order valence-electron chi connectivity index (χ4n) is 0.931. The lowest BCUT2D eigenvalue weighted by molar-refractivity contribution is 0.0979. The van der Waals surface area contributed by atoms with E-state index in [4.69, 9.17) is 16.9 Å². The molecule has 1 aromatic rings. The number of hydrogen-bond donors (Lipinski definition) is 2. The minimum Gasteiger partial charge on any atom is -0.392 e. The standard InChI is InChI=1S/C8H8ClNO2/c9-10-8(12)7-4-2-1-3-6(7)5-11/h1-4,11H,5H2,(H,10,12). The van der Waals surface area contributed by atoms with Gasteiger partial charge in [0.1, 0.15) is 0 Å². The Morgan fingerprint density at radius 3 is 2.75 bits per heavy atom.